The summed E-state index contributed by atoms with van der Waals surface area (Å²) in [6.45, 7) is 2.03. The molecule has 90 valence electrons. The van der Waals surface area contributed by atoms with Gasteiger partial charge in [-0.1, -0.05) is 6.92 Å². The first kappa shape index (κ1) is 11.8. The Morgan fingerprint density at radius 3 is 2.94 bits per heavy atom. The van der Waals surface area contributed by atoms with E-state index in [1.54, 1.807) is 24.7 Å². The second-order valence-corrected chi connectivity index (χ2v) is 4.12. The van der Waals surface area contributed by atoms with Crippen LogP contribution in [0.2, 0.25) is 0 Å². The van der Waals surface area contributed by atoms with Gasteiger partial charge in [0.05, 0.1) is 6.33 Å². The number of hydrogen-bond acceptors (Lipinski definition) is 2. The zero-order chi connectivity index (χ0) is 12.3. The zero-order valence-corrected chi connectivity index (χ0v) is 9.81. The van der Waals surface area contributed by atoms with Gasteiger partial charge >= 0.3 is 0 Å². The summed E-state index contributed by atoms with van der Waals surface area (Å²) >= 11 is 0. The maximum Gasteiger partial charge on any atom is 0.123 e. The van der Waals surface area contributed by atoms with Crippen LogP contribution in [-0.4, -0.2) is 15.6 Å². The van der Waals surface area contributed by atoms with Gasteiger partial charge in [0.15, 0.2) is 0 Å². The lowest BCUT2D eigenvalue weighted by atomic mass is 10.0. The lowest BCUT2D eigenvalue weighted by molar-refractivity contribution is 0.613. The summed E-state index contributed by atoms with van der Waals surface area (Å²) in [5.41, 5.74) is 7.78. The Bertz CT molecular complexity index is 479. The van der Waals surface area contributed by atoms with E-state index in [4.69, 9.17) is 5.73 Å². The SMILES string of the molecule is CCC(N)Cc1cc(F)ccc1-n1ccnc1. The van der Waals surface area contributed by atoms with Gasteiger partial charge in [-0.05, 0) is 36.6 Å². The highest BCUT2D eigenvalue weighted by atomic mass is 19.1. The monoisotopic (exact) mass is 233 g/mol. The Balaban J connectivity index is 2.38. The summed E-state index contributed by atoms with van der Waals surface area (Å²) in [6.07, 6.45) is 6.79. The van der Waals surface area contributed by atoms with Gasteiger partial charge in [-0.15, -0.1) is 0 Å². The number of nitrogens with zero attached hydrogens (tertiary/aromatic N) is 2. The molecule has 2 N–H and O–H groups in total. The second kappa shape index (κ2) is 5.10. The quantitative estimate of drug-likeness (QED) is 0.880. The summed E-state index contributed by atoms with van der Waals surface area (Å²) in [5, 5.41) is 0. The van der Waals surface area contributed by atoms with Crippen molar-refractivity contribution in [2.45, 2.75) is 25.8 Å². The summed E-state index contributed by atoms with van der Waals surface area (Å²) in [4.78, 5) is 4.00. The van der Waals surface area contributed by atoms with E-state index in [1.165, 1.54) is 6.07 Å². The molecule has 0 aliphatic carbocycles. The van der Waals surface area contributed by atoms with Gasteiger partial charge in [0.25, 0.3) is 0 Å². The largest absolute Gasteiger partial charge is 0.327 e. The molecule has 0 saturated heterocycles. The van der Waals surface area contributed by atoms with Crippen LogP contribution in [0.1, 0.15) is 18.9 Å². The Hall–Kier alpha value is -1.68. The van der Waals surface area contributed by atoms with Crippen molar-refractivity contribution in [3.63, 3.8) is 0 Å². The van der Waals surface area contributed by atoms with Crippen LogP contribution in [0.3, 0.4) is 0 Å². The highest BCUT2D eigenvalue weighted by molar-refractivity contribution is 5.41. The van der Waals surface area contributed by atoms with Gasteiger partial charge < -0.3 is 10.3 Å². The first-order valence-corrected chi connectivity index (χ1v) is 5.73. The Labute approximate surface area is 100 Å². The van der Waals surface area contributed by atoms with E-state index in [2.05, 4.69) is 4.98 Å². The van der Waals surface area contributed by atoms with Crippen molar-refractivity contribution in [1.82, 2.24) is 9.55 Å². The summed E-state index contributed by atoms with van der Waals surface area (Å²) < 4.78 is 15.1. The van der Waals surface area contributed by atoms with Crippen LogP contribution in [0.15, 0.2) is 36.9 Å². The molecule has 0 aliphatic heterocycles. The molecule has 1 aromatic carbocycles. The van der Waals surface area contributed by atoms with Gasteiger partial charge in [0.2, 0.25) is 0 Å². The van der Waals surface area contributed by atoms with Crippen LogP contribution < -0.4 is 5.73 Å². The molecule has 1 heterocycles. The molecule has 1 aromatic heterocycles. The van der Waals surface area contributed by atoms with Crippen LogP contribution in [0.4, 0.5) is 4.39 Å². The number of halogens is 1. The number of rotatable bonds is 4. The lowest BCUT2D eigenvalue weighted by Crippen LogP contribution is -2.22. The van der Waals surface area contributed by atoms with Gasteiger partial charge in [-0.3, -0.25) is 0 Å². The van der Waals surface area contributed by atoms with E-state index >= 15 is 0 Å². The van der Waals surface area contributed by atoms with E-state index in [9.17, 15) is 4.39 Å². The molecule has 4 heteroatoms. The van der Waals surface area contributed by atoms with E-state index < -0.39 is 0 Å². The summed E-state index contributed by atoms with van der Waals surface area (Å²) in [5.74, 6) is -0.229. The van der Waals surface area contributed by atoms with Crippen molar-refractivity contribution in [1.29, 1.82) is 0 Å². The van der Waals surface area contributed by atoms with Gasteiger partial charge in [-0.25, -0.2) is 9.37 Å². The Kier molecular flexibility index (Phi) is 3.54. The first-order chi connectivity index (χ1) is 8.20. The molecule has 0 saturated carbocycles. The first-order valence-electron chi connectivity index (χ1n) is 5.73. The van der Waals surface area contributed by atoms with Crippen LogP contribution in [0.5, 0.6) is 0 Å². The molecule has 0 amide bonds. The molecule has 0 fully saturated rings. The fourth-order valence-corrected chi connectivity index (χ4v) is 1.80. The molecule has 3 nitrogen and oxygen atoms in total. The minimum absolute atomic E-state index is 0.0547. The molecule has 0 spiro atoms. The molecule has 0 aliphatic rings. The smallest absolute Gasteiger partial charge is 0.123 e. The fourth-order valence-electron chi connectivity index (χ4n) is 1.80. The van der Waals surface area contributed by atoms with Crippen molar-refractivity contribution < 1.29 is 4.39 Å². The van der Waals surface area contributed by atoms with Gasteiger partial charge in [0, 0.05) is 24.1 Å². The molecule has 0 radical (unpaired) electrons. The van der Waals surface area contributed by atoms with Crippen LogP contribution in [0.25, 0.3) is 5.69 Å². The van der Waals surface area contributed by atoms with E-state index in [1.807, 2.05) is 17.7 Å². The zero-order valence-electron chi connectivity index (χ0n) is 9.81. The number of nitrogens with two attached hydrogens (primary N) is 1. The minimum atomic E-state index is -0.229. The van der Waals surface area contributed by atoms with E-state index in [-0.39, 0.29) is 11.9 Å². The van der Waals surface area contributed by atoms with E-state index in [0.717, 1.165) is 17.7 Å². The highest BCUT2D eigenvalue weighted by Gasteiger charge is 2.09. The molecule has 17 heavy (non-hydrogen) atoms. The molecule has 2 rings (SSSR count). The van der Waals surface area contributed by atoms with Gasteiger partial charge in [0.1, 0.15) is 5.82 Å². The van der Waals surface area contributed by atoms with Crippen molar-refractivity contribution in [3.8, 4) is 5.69 Å². The number of benzene rings is 1. The molecule has 1 unspecified atom stereocenters. The molecular weight excluding hydrogens is 217 g/mol. The van der Waals surface area contributed by atoms with Crippen LogP contribution >= 0.6 is 0 Å². The predicted octanol–water partition coefficient (Wildman–Crippen LogP) is 2.29. The fraction of sp³-hybridized carbons (Fsp3) is 0.308. The average molecular weight is 233 g/mol. The second-order valence-electron chi connectivity index (χ2n) is 4.12. The average Bonchev–Trinajstić information content (AvgIpc) is 2.82. The van der Waals surface area contributed by atoms with Crippen molar-refractivity contribution in [2.24, 2.45) is 5.73 Å². The minimum Gasteiger partial charge on any atom is -0.327 e. The number of hydrogen-bond donors (Lipinski definition) is 1. The molecule has 2 aromatic rings. The van der Waals surface area contributed by atoms with Gasteiger partial charge in [-0.2, -0.15) is 0 Å². The number of aromatic nitrogens is 2. The number of imidazole rings is 1. The maximum absolute atomic E-state index is 13.3. The van der Waals surface area contributed by atoms with Crippen molar-refractivity contribution in [2.75, 3.05) is 0 Å². The third-order valence-corrected chi connectivity index (χ3v) is 2.83. The standard InChI is InChI=1S/C13H16FN3/c1-2-12(15)8-10-7-11(14)3-4-13(10)17-6-5-16-9-17/h3-7,9,12H,2,8,15H2,1H3. The topological polar surface area (TPSA) is 43.8 Å². The third kappa shape index (κ3) is 2.71. The van der Waals surface area contributed by atoms with Crippen LogP contribution in [0, 0.1) is 5.82 Å². The summed E-state index contributed by atoms with van der Waals surface area (Å²) in [6, 6.07) is 4.81. The Morgan fingerprint density at radius 2 is 2.29 bits per heavy atom. The van der Waals surface area contributed by atoms with Crippen molar-refractivity contribution >= 4 is 0 Å². The maximum atomic E-state index is 13.3. The highest BCUT2D eigenvalue weighted by Crippen LogP contribution is 2.18. The lowest BCUT2D eigenvalue weighted by Gasteiger charge is -2.14. The van der Waals surface area contributed by atoms with Crippen LogP contribution in [-0.2, 0) is 6.42 Å². The Morgan fingerprint density at radius 1 is 1.47 bits per heavy atom. The predicted molar refractivity (Wildman–Crippen MR) is 65.5 cm³/mol. The third-order valence-electron chi connectivity index (χ3n) is 2.83. The molecular formula is C13H16FN3. The van der Waals surface area contributed by atoms with E-state index in [0.29, 0.717) is 6.42 Å². The molecule has 0 bridgehead atoms. The van der Waals surface area contributed by atoms with Crippen molar-refractivity contribution in [3.05, 3.63) is 48.3 Å². The normalized spacial score (nSPS) is 12.6. The summed E-state index contributed by atoms with van der Waals surface area (Å²) in [7, 11) is 0. The molecule has 1 atom stereocenters.